The van der Waals surface area contributed by atoms with Crippen molar-refractivity contribution in [1.29, 1.82) is 0 Å². The molecule has 4 N–H and O–H groups in total. The number of carbonyl (C=O) groups is 2. The summed E-state index contributed by atoms with van der Waals surface area (Å²) >= 11 is 0. The van der Waals surface area contributed by atoms with Gasteiger partial charge >= 0.3 is 6.03 Å². The number of carbonyl (C=O) groups excluding carboxylic acids is 2. The van der Waals surface area contributed by atoms with Gasteiger partial charge in [0, 0.05) is 19.5 Å². The molecule has 1 unspecified atom stereocenters. The molecule has 3 amide bonds. The Morgan fingerprint density at radius 1 is 1.10 bits per heavy atom. The van der Waals surface area contributed by atoms with Crippen molar-refractivity contribution in [3.05, 3.63) is 48.3 Å². The number of benzene rings is 1. The summed E-state index contributed by atoms with van der Waals surface area (Å²) < 4.78 is 0. The van der Waals surface area contributed by atoms with Crippen molar-refractivity contribution >= 4 is 23.6 Å². The van der Waals surface area contributed by atoms with E-state index < -0.39 is 5.60 Å². The molecule has 1 aromatic carbocycles. The lowest BCUT2D eigenvalue weighted by molar-refractivity contribution is -0.116. The fourth-order valence-corrected chi connectivity index (χ4v) is 7.03. The fourth-order valence-electron chi connectivity index (χ4n) is 7.03. The first-order chi connectivity index (χ1) is 19.2. The third-order valence-corrected chi connectivity index (χ3v) is 9.82. The molecule has 0 radical (unpaired) electrons. The summed E-state index contributed by atoms with van der Waals surface area (Å²) in [5, 5.41) is 13.9. The van der Waals surface area contributed by atoms with Crippen molar-refractivity contribution < 1.29 is 14.7 Å². The summed E-state index contributed by atoms with van der Waals surface area (Å²) in [6, 6.07) is 10.8. The number of rotatable bonds is 10. The average molecular weight is 549 g/mol. The molecule has 40 heavy (non-hydrogen) atoms. The Morgan fingerprint density at radius 2 is 1.77 bits per heavy atom. The van der Waals surface area contributed by atoms with Gasteiger partial charge in [-0.15, -0.1) is 0 Å². The van der Waals surface area contributed by atoms with E-state index in [-0.39, 0.29) is 35.3 Å². The summed E-state index contributed by atoms with van der Waals surface area (Å²) in [5.41, 5.74) is 6.39. The van der Waals surface area contributed by atoms with E-state index in [1.165, 1.54) is 18.0 Å². The number of nitrogens with zero attached hydrogens (tertiary/aromatic N) is 4. The van der Waals surface area contributed by atoms with E-state index in [1.807, 2.05) is 9.80 Å². The molecule has 9 nitrogen and oxygen atoms in total. The zero-order valence-electron chi connectivity index (χ0n) is 23.9. The Bertz CT molecular complexity index is 1180. The number of amides is 3. The normalized spacial score (nSPS) is 26.5. The fraction of sp³-hybridized carbons (Fsp3) is 0.613. The molecular formula is C31H44N6O3. The lowest BCUT2D eigenvalue weighted by Crippen LogP contribution is -2.58. The molecule has 2 saturated carbocycles. The largest absolute Gasteiger partial charge is 0.388 e. The van der Waals surface area contributed by atoms with Gasteiger partial charge in [-0.05, 0) is 68.3 Å². The zero-order chi connectivity index (χ0) is 28.4. The van der Waals surface area contributed by atoms with Crippen LogP contribution in [0.1, 0.15) is 83.6 Å². The van der Waals surface area contributed by atoms with Crippen LogP contribution in [0.3, 0.4) is 0 Å². The standard InChI is InChI=1S/C31H44N6O3/c1-3-23(2)18-29(24-8-5-4-6-9-24)13-15-30(16-14-29)21-36(28(39)37(30)22-31(40)11-7-12-31)17-10-26(38)35-25-19-33-27(32)34-20-25/h4-6,8-9,19-20,23,40H,3,7,10-18,21-22H2,1-2H3,(H,35,38)(H2,32,33,34). The predicted molar refractivity (Wildman–Crippen MR) is 156 cm³/mol. The molecule has 1 atom stereocenters. The van der Waals surface area contributed by atoms with Crippen LogP contribution in [0, 0.1) is 5.92 Å². The highest BCUT2D eigenvalue weighted by atomic mass is 16.3. The summed E-state index contributed by atoms with van der Waals surface area (Å²) in [5.74, 6) is 0.561. The van der Waals surface area contributed by atoms with Crippen molar-refractivity contribution in [1.82, 2.24) is 19.8 Å². The quantitative estimate of drug-likeness (QED) is 0.394. The Hall–Kier alpha value is -3.20. The van der Waals surface area contributed by atoms with Gasteiger partial charge in [-0.2, -0.15) is 0 Å². The zero-order valence-corrected chi connectivity index (χ0v) is 23.9. The van der Waals surface area contributed by atoms with E-state index in [9.17, 15) is 14.7 Å². The molecule has 0 bridgehead atoms. The molecule has 2 heterocycles. The van der Waals surface area contributed by atoms with E-state index >= 15 is 0 Å². The van der Waals surface area contributed by atoms with Gasteiger partial charge in [-0.1, -0.05) is 50.6 Å². The smallest absolute Gasteiger partial charge is 0.320 e. The minimum atomic E-state index is -0.796. The number of hydrogen-bond acceptors (Lipinski definition) is 6. The third-order valence-electron chi connectivity index (χ3n) is 9.82. The third kappa shape index (κ3) is 5.80. The van der Waals surface area contributed by atoms with Crippen molar-refractivity contribution in [2.75, 3.05) is 30.7 Å². The molecule has 1 saturated heterocycles. The maximum Gasteiger partial charge on any atom is 0.320 e. The Balaban J connectivity index is 1.32. The van der Waals surface area contributed by atoms with Crippen LogP contribution >= 0.6 is 0 Å². The molecule has 3 aliphatic rings. The number of nitrogen functional groups attached to an aromatic ring is 1. The van der Waals surface area contributed by atoms with Crippen LogP contribution in [0.5, 0.6) is 0 Å². The summed E-state index contributed by atoms with van der Waals surface area (Å²) in [4.78, 5) is 38.1. The van der Waals surface area contributed by atoms with E-state index in [4.69, 9.17) is 5.73 Å². The number of aromatic nitrogens is 2. The lowest BCUT2D eigenvalue weighted by Gasteiger charge is -2.51. The molecular weight excluding hydrogens is 504 g/mol. The number of anilines is 2. The van der Waals surface area contributed by atoms with Crippen LogP contribution in [0.2, 0.25) is 0 Å². The minimum Gasteiger partial charge on any atom is -0.388 e. The summed E-state index contributed by atoms with van der Waals surface area (Å²) in [6.45, 7) is 5.90. The number of aliphatic hydroxyl groups is 1. The number of hydrogen-bond donors (Lipinski definition) is 3. The van der Waals surface area contributed by atoms with Crippen LogP contribution < -0.4 is 11.1 Å². The molecule has 9 heteroatoms. The second-order valence-corrected chi connectivity index (χ2v) is 12.6. The van der Waals surface area contributed by atoms with Crippen LogP contribution in [0.25, 0.3) is 0 Å². The summed E-state index contributed by atoms with van der Waals surface area (Å²) in [7, 11) is 0. The number of urea groups is 1. The average Bonchev–Trinajstić information content (AvgIpc) is 3.19. The van der Waals surface area contributed by atoms with E-state index in [0.717, 1.165) is 57.8 Å². The van der Waals surface area contributed by atoms with Crippen LogP contribution in [0.4, 0.5) is 16.4 Å². The van der Waals surface area contributed by atoms with Crippen LogP contribution in [-0.4, -0.2) is 67.6 Å². The van der Waals surface area contributed by atoms with Crippen molar-refractivity contribution in [3.63, 3.8) is 0 Å². The second-order valence-electron chi connectivity index (χ2n) is 12.6. The highest BCUT2D eigenvalue weighted by Crippen LogP contribution is 2.51. The lowest BCUT2D eigenvalue weighted by atomic mass is 9.60. The van der Waals surface area contributed by atoms with Gasteiger partial charge in [0.1, 0.15) is 0 Å². The van der Waals surface area contributed by atoms with Gasteiger partial charge in [0.2, 0.25) is 11.9 Å². The first kappa shape index (κ1) is 28.3. The summed E-state index contributed by atoms with van der Waals surface area (Å²) in [6.07, 6.45) is 11.7. The van der Waals surface area contributed by atoms with Crippen LogP contribution in [-0.2, 0) is 10.2 Å². The van der Waals surface area contributed by atoms with E-state index in [0.29, 0.717) is 31.2 Å². The molecule has 1 aliphatic heterocycles. The molecule has 1 spiro atoms. The van der Waals surface area contributed by atoms with Crippen LogP contribution in [0.15, 0.2) is 42.7 Å². The molecule has 5 rings (SSSR count). The second kappa shape index (κ2) is 11.4. The van der Waals surface area contributed by atoms with Gasteiger partial charge in [0.05, 0.1) is 35.8 Å². The van der Waals surface area contributed by atoms with Gasteiger partial charge < -0.3 is 26.0 Å². The first-order valence-electron chi connectivity index (χ1n) is 14.9. The van der Waals surface area contributed by atoms with Crippen molar-refractivity contribution in [2.24, 2.45) is 5.92 Å². The molecule has 216 valence electrons. The highest BCUT2D eigenvalue weighted by Gasteiger charge is 2.56. The Morgan fingerprint density at radius 3 is 2.38 bits per heavy atom. The Kier molecular flexibility index (Phi) is 8.04. The maximum absolute atomic E-state index is 13.8. The Labute approximate surface area is 237 Å². The van der Waals surface area contributed by atoms with Crippen molar-refractivity contribution in [3.8, 4) is 0 Å². The van der Waals surface area contributed by atoms with Gasteiger partial charge in [-0.25, -0.2) is 14.8 Å². The van der Waals surface area contributed by atoms with E-state index in [1.54, 1.807) is 0 Å². The molecule has 3 fully saturated rings. The highest BCUT2D eigenvalue weighted by molar-refractivity contribution is 5.91. The van der Waals surface area contributed by atoms with Gasteiger partial charge in [-0.3, -0.25) is 4.79 Å². The monoisotopic (exact) mass is 548 g/mol. The molecule has 1 aromatic heterocycles. The molecule has 2 aliphatic carbocycles. The van der Waals surface area contributed by atoms with Gasteiger partial charge in [0.15, 0.2) is 0 Å². The predicted octanol–water partition coefficient (Wildman–Crippen LogP) is 4.73. The number of β-amino-alcohol motifs (C(OH)–C–C–N with tert-alkyl or cyclic N) is 1. The first-order valence-corrected chi connectivity index (χ1v) is 14.9. The van der Waals surface area contributed by atoms with E-state index in [2.05, 4.69) is 59.5 Å². The number of nitrogens with two attached hydrogens (primary N) is 1. The molecule has 2 aromatic rings. The SMILES string of the molecule is CCC(C)CC1(c2ccccc2)CCC2(CC1)CN(CCC(=O)Nc1cnc(N)nc1)C(=O)N2CC1(O)CCC1. The maximum atomic E-state index is 13.8. The number of nitrogens with one attached hydrogen (secondary N) is 1. The van der Waals surface area contributed by atoms with Gasteiger partial charge in [0.25, 0.3) is 0 Å². The topological polar surface area (TPSA) is 125 Å². The minimum absolute atomic E-state index is 0.0573. The van der Waals surface area contributed by atoms with Crippen molar-refractivity contribution in [2.45, 2.75) is 94.6 Å².